The molecule has 0 bridgehead atoms. The molecule has 28 heavy (non-hydrogen) atoms. The zero-order valence-electron chi connectivity index (χ0n) is 17.0. The number of nitrogens with zero attached hydrogens (tertiary/aromatic N) is 2. The molecule has 2 N–H and O–H groups in total. The third kappa shape index (κ3) is 6.97. The Labute approximate surface area is 185 Å². The minimum absolute atomic E-state index is 0. The summed E-state index contributed by atoms with van der Waals surface area (Å²) in [6, 6.07) is 4.18. The second-order valence-electron chi connectivity index (χ2n) is 7.74. The van der Waals surface area contributed by atoms with E-state index in [1.165, 1.54) is 19.3 Å². The van der Waals surface area contributed by atoms with Crippen molar-refractivity contribution < 1.29 is 9.21 Å². The molecule has 2 aliphatic rings. The van der Waals surface area contributed by atoms with Crippen molar-refractivity contribution in [3.63, 3.8) is 0 Å². The van der Waals surface area contributed by atoms with Gasteiger partial charge in [-0.25, -0.2) is 0 Å². The molecule has 1 aliphatic carbocycles. The molecule has 1 aromatic heterocycles. The summed E-state index contributed by atoms with van der Waals surface area (Å²) in [5.41, 5.74) is 0. The fourth-order valence-corrected chi connectivity index (χ4v) is 4.01. The zero-order valence-corrected chi connectivity index (χ0v) is 19.3. The summed E-state index contributed by atoms with van der Waals surface area (Å²) in [5, 5.41) is 6.94. The molecule has 3 rings (SSSR count). The van der Waals surface area contributed by atoms with Crippen LogP contribution >= 0.6 is 24.0 Å². The van der Waals surface area contributed by atoms with Crippen LogP contribution in [0.5, 0.6) is 0 Å². The van der Waals surface area contributed by atoms with Gasteiger partial charge in [0, 0.05) is 44.6 Å². The van der Waals surface area contributed by atoms with Gasteiger partial charge in [-0.1, -0.05) is 26.2 Å². The lowest BCUT2D eigenvalue weighted by atomic mass is 9.88. The zero-order chi connectivity index (χ0) is 18.9. The Bertz CT molecular complexity index is 600. The number of hydrogen-bond acceptors (Lipinski definition) is 3. The highest BCUT2D eigenvalue weighted by Gasteiger charge is 2.31. The number of nitrogens with one attached hydrogen (secondary N) is 2. The Kier molecular flexibility index (Phi) is 10.2. The fourth-order valence-electron chi connectivity index (χ4n) is 4.01. The van der Waals surface area contributed by atoms with Gasteiger partial charge in [0.1, 0.15) is 5.76 Å². The molecule has 6 nitrogen and oxygen atoms in total. The van der Waals surface area contributed by atoms with Gasteiger partial charge >= 0.3 is 0 Å². The Balaban J connectivity index is 0.00000280. The number of guanidine groups is 1. The molecule has 1 unspecified atom stereocenters. The van der Waals surface area contributed by atoms with Crippen molar-refractivity contribution in [3.05, 3.63) is 24.2 Å². The van der Waals surface area contributed by atoms with Crippen LogP contribution < -0.4 is 10.6 Å². The van der Waals surface area contributed by atoms with Crippen LogP contribution in [-0.2, 0) is 11.2 Å². The van der Waals surface area contributed by atoms with E-state index in [0.29, 0.717) is 5.91 Å². The van der Waals surface area contributed by atoms with Gasteiger partial charge in [0.15, 0.2) is 5.96 Å². The molecular formula is C21H35IN4O2. The minimum atomic E-state index is 0. The van der Waals surface area contributed by atoms with Gasteiger partial charge < -0.3 is 20.0 Å². The van der Waals surface area contributed by atoms with Crippen molar-refractivity contribution in [1.82, 2.24) is 15.5 Å². The predicted octanol–water partition coefficient (Wildman–Crippen LogP) is 3.57. The monoisotopic (exact) mass is 502 g/mol. The van der Waals surface area contributed by atoms with Gasteiger partial charge in [0.25, 0.3) is 0 Å². The predicted molar refractivity (Wildman–Crippen MR) is 123 cm³/mol. The lowest BCUT2D eigenvalue weighted by molar-refractivity contribution is -0.135. The standard InChI is InChI=1S/C21H34N4O2.HI/c1-2-12-22-21(23-13-10-19-9-6-15-27-19)24-18-11-14-25(16-18)20(26)17-7-4-3-5-8-17;/h6,9,15,17-18H,2-5,7-8,10-14,16H2,1H3,(H2,22,23,24);1H. The first-order valence-corrected chi connectivity index (χ1v) is 10.6. The highest BCUT2D eigenvalue weighted by atomic mass is 127. The van der Waals surface area contributed by atoms with Crippen molar-refractivity contribution >= 4 is 35.8 Å². The largest absolute Gasteiger partial charge is 0.469 e. The lowest BCUT2D eigenvalue weighted by Crippen LogP contribution is -2.46. The van der Waals surface area contributed by atoms with Crippen LogP contribution in [0.2, 0.25) is 0 Å². The quantitative estimate of drug-likeness (QED) is 0.340. The molecule has 1 saturated carbocycles. The fraction of sp³-hybridized carbons (Fsp3) is 0.714. The van der Waals surface area contributed by atoms with Gasteiger partial charge in [-0.3, -0.25) is 9.79 Å². The summed E-state index contributed by atoms with van der Waals surface area (Å²) in [4.78, 5) is 19.5. The van der Waals surface area contributed by atoms with E-state index < -0.39 is 0 Å². The van der Waals surface area contributed by atoms with E-state index in [1.807, 2.05) is 12.1 Å². The molecule has 1 aliphatic heterocycles. The van der Waals surface area contributed by atoms with Crippen molar-refractivity contribution in [2.75, 3.05) is 26.2 Å². The summed E-state index contributed by atoms with van der Waals surface area (Å²) in [5.74, 6) is 2.46. The molecule has 0 spiro atoms. The number of rotatable bonds is 7. The maximum absolute atomic E-state index is 12.7. The van der Waals surface area contributed by atoms with E-state index in [2.05, 4.69) is 27.4 Å². The molecule has 2 heterocycles. The molecule has 0 radical (unpaired) electrons. The summed E-state index contributed by atoms with van der Waals surface area (Å²) < 4.78 is 5.38. The molecule has 1 amide bonds. The number of hydrogen-bond donors (Lipinski definition) is 2. The van der Waals surface area contributed by atoms with Gasteiger partial charge in [0.05, 0.1) is 6.26 Å². The van der Waals surface area contributed by atoms with E-state index >= 15 is 0 Å². The first-order chi connectivity index (χ1) is 13.3. The normalized spacial score (nSPS) is 20.7. The summed E-state index contributed by atoms with van der Waals surface area (Å²) in [7, 11) is 0. The molecule has 158 valence electrons. The summed E-state index contributed by atoms with van der Waals surface area (Å²) >= 11 is 0. The van der Waals surface area contributed by atoms with Crippen molar-refractivity contribution in [2.45, 2.75) is 64.3 Å². The molecule has 2 fully saturated rings. The number of amides is 1. The second kappa shape index (κ2) is 12.3. The minimum Gasteiger partial charge on any atom is -0.469 e. The number of carbonyl (C=O) groups excluding carboxylic acids is 1. The van der Waals surface area contributed by atoms with E-state index in [-0.39, 0.29) is 35.9 Å². The van der Waals surface area contributed by atoms with Crippen molar-refractivity contribution in [3.8, 4) is 0 Å². The Morgan fingerprint density at radius 2 is 2.11 bits per heavy atom. The van der Waals surface area contributed by atoms with Crippen LogP contribution in [-0.4, -0.2) is 49.0 Å². The van der Waals surface area contributed by atoms with E-state index in [4.69, 9.17) is 4.42 Å². The van der Waals surface area contributed by atoms with Crippen LogP contribution in [0.3, 0.4) is 0 Å². The maximum Gasteiger partial charge on any atom is 0.225 e. The number of halogens is 1. The number of likely N-dealkylation sites (tertiary alicyclic amines) is 1. The molecule has 7 heteroatoms. The number of aliphatic imine (C=N–C) groups is 1. The highest BCUT2D eigenvalue weighted by Crippen LogP contribution is 2.26. The van der Waals surface area contributed by atoms with Crippen LogP contribution in [0.4, 0.5) is 0 Å². The van der Waals surface area contributed by atoms with Crippen LogP contribution in [0, 0.1) is 5.92 Å². The SMILES string of the molecule is CCCN=C(NCCc1ccco1)NC1CCN(C(=O)C2CCCCC2)C1.I. The highest BCUT2D eigenvalue weighted by molar-refractivity contribution is 14.0. The molecule has 1 saturated heterocycles. The third-order valence-corrected chi connectivity index (χ3v) is 5.53. The first kappa shape index (κ1) is 23.0. The van der Waals surface area contributed by atoms with Crippen LogP contribution in [0.25, 0.3) is 0 Å². The Hall–Kier alpha value is -1.25. The van der Waals surface area contributed by atoms with Crippen molar-refractivity contribution in [1.29, 1.82) is 0 Å². The summed E-state index contributed by atoms with van der Waals surface area (Å²) in [6.07, 6.45) is 10.4. The van der Waals surface area contributed by atoms with E-state index in [0.717, 1.165) is 70.0 Å². The van der Waals surface area contributed by atoms with E-state index in [9.17, 15) is 4.79 Å². The van der Waals surface area contributed by atoms with Crippen LogP contribution in [0.1, 0.15) is 57.6 Å². The number of carbonyl (C=O) groups is 1. The number of furan rings is 1. The van der Waals surface area contributed by atoms with Gasteiger partial charge in [0.2, 0.25) is 5.91 Å². The molecule has 0 aromatic carbocycles. The molecular weight excluding hydrogens is 467 g/mol. The van der Waals surface area contributed by atoms with E-state index in [1.54, 1.807) is 6.26 Å². The third-order valence-electron chi connectivity index (χ3n) is 5.53. The van der Waals surface area contributed by atoms with Gasteiger partial charge in [-0.05, 0) is 37.8 Å². The smallest absolute Gasteiger partial charge is 0.225 e. The molecule has 1 aromatic rings. The topological polar surface area (TPSA) is 69.9 Å². The van der Waals surface area contributed by atoms with Gasteiger partial charge in [-0.2, -0.15) is 0 Å². The average Bonchev–Trinajstić information content (AvgIpc) is 3.38. The Morgan fingerprint density at radius 1 is 1.29 bits per heavy atom. The second-order valence-corrected chi connectivity index (χ2v) is 7.74. The van der Waals surface area contributed by atoms with Crippen molar-refractivity contribution in [2.24, 2.45) is 10.9 Å². The van der Waals surface area contributed by atoms with Crippen LogP contribution in [0.15, 0.2) is 27.8 Å². The average molecular weight is 502 g/mol. The molecule has 1 atom stereocenters. The lowest BCUT2D eigenvalue weighted by Gasteiger charge is -2.26. The van der Waals surface area contributed by atoms with Gasteiger partial charge in [-0.15, -0.1) is 24.0 Å². The maximum atomic E-state index is 12.7. The summed E-state index contributed by atoms with van der Waals surface area (Å²) in [6.45, 7) is 5.36. The first-order valence-electron chi connectivity index (χ1n) is 10.6. The Morgan fingerprint density at radius 3 is 2.82 bits per heavy atom.